The van der Waals surface area contributed by atoms with E-state index in [2.05, 4.69) is 33.2 Å². The van der Waals surface area contributed by atoms with Gasteiger partial charge in [0.1, 0.15) is 0 Å². The summed E-state index contributed by atoms with van der Waals surface area (Å²) in [4.78, 5) is 17.8. The molecule has 0 spiro atoms. The highest BCUT2D eigenvalue weighted by molar-refractivity contribution is 6.21. The number of halogens is 1. The van der Waals surface area contributed by atoms with Crippen LogP contribution in [0.4, 0.5) is 0 Å². The normalized spacial score (nSPS) is 39.4. The minimum absolute atomic E-state index is 0.0502. The van der Waals surface area contributed by atoms with Crippen LogP contribution in [0.15, 0.2) is 4.99 Å². The van der Waals surface area contributed by atoms with Gasteiger partial charge in [-0.05, 0) is 88.5 Å². The van der Waals surface area contributed by atoms with Gasteiger partial charge in [-0.15, -0.1) is 11.6 Å². The number of amides is 1. The maximum Gasteiger partial charge on any atom is 0.223 e. The van der Waals surface area contributed by atoms with Gasteiger partial charge >= 0.3 is 0 Å². The zero-order valence-corrected chi connectivity index (χ0v) is 21.2. The van der Waals surface area contributed by atoms with Crippen LogP contribution in [-0.2, 0) is 9.53 Å². The molecule has 2 aliphatic heterocycles. The second-order valence-electron chi connectivity index (χ2n) is 10.9. The maximum absolute atomic E-state index is 13.3. The van der Waals surface area contributed by atoms with E-state index in [1.165, 1.54) is 19.3 Å². The topological polar surface area (TPSA) is 86.8 Å². The predicted octanol–water partition coefficient (Wildman–Crippen LogP) is 2.49. The van der Waals surface area contributed by atoms with E-state index < -0.39 is 0 Å². The lowest BCUT2D eigenvalue weighted by molar-refractivity contribution is -0.127. The highest BCUT2D eigenvalue weighted by Crippen LogP contribution is 2.41. The van der Waals surface area contributed by atoms with Gasteiger partial charge < -0.3 is 26.0 Å². The molecule has 2 saturated carbocycles. The monoisotopic (exact) mass is 481 g/mol. The van der Waals surface area contributed by atoms with E-state index in [0.717, 1.165) is 76.7 Å². The number of guanidine groups is 1. The highest BCUT2D eigenvalue weighted by Gasteiger charge is 2.38. The molecular formula is C25H44ClN5O2. The van der Waals surface area contributed by atoms with E-state index in [-0.39, 0.29) is 23.3 Å². The Morgan fingerprint density at radius 2 is 1.94 bits per heavy atom. The minimum atomic E-state index is 0.0502. The summed E-state index contributed by atoms with van der Waals surface area (Å²) < 4.78 is 5.48. The third kappa shape index (κ3) is 6.98. The van der Waals surface area contributed by atoms with Gasteiger partial charge in [0.15, 0.2) is 5.96 Å². The lowest BCUT2D eigenvalue weighted by Crippen LogP contribution is -2.45. The van der Waals surface area contributed by atoms with Crippen LogP contribution in [0.3, 0.4) is 0 Å². The second kappa shape index (κ2) is 12.1. The Morgan fingerprint density at radius 1 is 1.06 bits per heavy atom. The number of carbonyl (C=O) groups excluding carboxylic acids is 1. The lowest BCUT2D eigenvalue weighted by Gasteiger charge is -2.41. The number of rotatable bonds is 7. The van der Waals surface area contributed by atoms with Crippen molar-refractivity contribution in [2.24, 2.45) is 34.6 Å². The van der Waals surface area contributed by atoms with Gasteiger partial charge in [0, 0.05) is 38.7 Å². The molecule has 8 unspecified atom stereocenters. The average Bonchev–Trinajstić information content (AvgIpc) is 3.35. The van der Waals surface area contributed by atoms with Crippen molar-refractivity contribution in [3.05, 3.63) is 0 Å². The Balaban J connectivity index is 1.32. The third-order valence-corrected chi connectivity index (χ3v) is 8.92. The summed E-state index contributed by atoms with van der Waals surface area (Å²) in [6.45, 7) is 6.82. The SMILES string of the molecule is COC1CCC(CNC(=O)C2CC(CNC3=NCCN3)CC(C3CCNC(C)C3)C2)CC1Cl. The van der Waals surface area contributed by atoms with Crippen molar-refractivity contribution in [3.8, 4) is 0 Å². The molecule has 8 heteroatoms. The van der Waals surface area contributed by atoms with Crippen LogP contribution in [0.25, 0.3) is 0 Å². The van der Waals surface area contributed by atoms with Crippen molar-refractivity contribution < 1.29 is 9.53 Å². The molecule has 0 radical (unpaired) electrons. The number of aliphatic imine (C=N–C) groups is 1. The summed E-state index contributed by atoms with van der Waals surface area (Å²) in [5.41, 5.74) is 0. The van der Waals surface area contributed by atoms with E-state index >= 15 is 0 Å². The molecule has 33 heavy (non-hydrogen) atoms. The average molecular weight is 482 g/mol. The summed E-state index contributed by atoms with van der Waals surface area (Å²) in [5, 5.41) is 13.8. The smallest absolute Gasteiger partial charge is 0.223 e. The number of piperidine rings is 1. The van der Waals surface area contributed by atoms with Gasteiger partial charge in [-0.2, -0.15) is 0 Å². The molecule has 4 N–H and O–H groups in total. The summed E-state index contributed by atoms with van der Waals surface area (Å²) >= 11 is 6.50. The van der Waals surface area contributed by atoms with Crippen molar-refractivity contribution in [2.45, 2.75) is 75.8 Å². The molecule has 3 fully saturated rings. The number of hydrogen-bond donors (Lipinski definition) is 4. The summed E-state index contributed by atoms with van der Waals surface area (Å²) in [7, 11) is 1.74. The first-order valence-electron chi connectivity index (χ1n) is 13.2. The zero-order chi connectivity index (χ0) is 23.2. The van der Waals surface area contributed by atoms with Gasteiger partial charge in [-0.3, -0.25) is 9.79 Å². The van der Waals surface area contributed by atoms with Crippen molar-refractivity contribution >= 4 is 23.5 Å². The fraction of sp³-hybridized carbons (Fsp3) is 0.920. The standard InChI is InChI=1S/C25H44ClN5O2/c1-16-9-19(5-6-27-16)20-10-18(15-31-25-28-7-8-29-25)11-21(13-20)24(32)30-14-17-3-4-23(33-2)22(26)12-17/h16-23,27H,3-15H2,1-2H3,(H,30,32)(H2,28,29,31). The van der Waals surface area contributed by atoms with Crippen LogP contribution < -0.4 is 21.3 Å². The van der Waals surface area contributed by atoms with Crippen LogP contribution in [0.1, 0.15) is 58.3 Å². The van der Waals surface area contributed by atoms with Gasteiger partial charge in [-0.25, -0.2) is 0 Å². The van der Waals surface area contributed by atoms with E-state index in [4.69, 9.17) is 16.3 Å². The molecule has 4 rings (SSSR count). The minimum Gasteiger partial charge on any atom is -0.380 e. The number of nitrogens with one attached hydrogen (secondary N) is 4. The molecule has 0 bridgehead atoms. The summed E-state index contributed by atoms with van der Waals surface area (Å²) in [6, 6.07) is 0.581. The largest absolute Gasteiger partial charge is 0.380 e. The van der Waals surface area contributed by atoms with Crippen LogP contribution in [0, 0.1) is 29.6 Å². The van der Waals surface area contributed by atoms with E-state index in [0.29, 0.717) is 23.8 Å². The first kappa shape index (κ1) is 25.1. The molecule has 2 heterocycles. The molecule has 7 nitrogen and oxygen atoms in total. The van der Waals surface area contributed by atoms with Crippen molar-refractivity contribution in [2.75, 3.05) is 39.8 Å². The Labute approximate surface area is 204 Å². The molecule has 1 saturated heterocycles. The number of carbonyl (C=O) groups is 1. The summed E-state index contributed by atoms with van der Waals surface area (Å²) in [6.07, 6.45) is 8.81. The van der Waals surface area contributed by atoms with Crippen molar-refractivity contribution in [1.82, 2.24) is 21.3 Å². The molecule has 4 aliphatic rings. The number of ether oxygens (including phenoxy) is 1. The molecular weight excluding hydrogens is 438 g/mol. The van der Waals surface area contributed by atoms with E-state index in [9.17, 15) is 4.79 Å². The first-order valence-corrected chi connectivity index (χ1v) is 13.7. The second-order valence-corrected chi connectivity index (χ2v) is 11.5. The number of nitrogens with zero attached hydrogens (tertiary/aromatic N) is 1. The van der Waals surface area contributed by atoms with E-state index in [1.807, 2.05) is 0 Å². The molecule has 8 atom stereocenters. The van der Waals surface area contributed by atoms with Crippen molar-refractivity contribution in [3.63, 3.8) is 0 Å². The fourth-order valence-electron chi connectivity index (χ4n) is 6.62. The van der Waals surface area contributed by atoms with Crippen LogP contribution >= 0.6 is 11.6 Å². The number of hydrogen-bond acceptors (Lipinski definition) is 6. The highest BCUT2D eigenvalue weighted by atomic mass is 35.5. The van der Waals surface area contributed by atoms with Crippen molar-refractivity contribution in [1.29, 1.82) is 0 Å². The molecule has 0 aromatic heterocycles. The number of methoxy groups -OCH3 is 1. The van der Waals surface area contributed by atoms with E-state index in [1.54, 1.807) is 7.11 Å². The van der Waals surface area contributed by atoms with Gasteiger partial charge in [0.25, 0.3) is 0 Å². The Morgan fingerprint density at radius 3 is 2.67 bits per heavy atom. The van der Waals surface area contributed by atoms with Gasteiger partial charge in [0.2, 0.25) is 5.91 Å². The zero-order valence-electron chi connectivity index (χ0n) is 20.5. The summed E-state index contributed by atoms with van der Waals surface area (Å²) in [5.74, 6) is 3.62. The van der Waals surface area contributed by atoms with Crippen LogP contribution in [-0.4, -0.2) is 69.2 Å². The molecule has 2 aliphatic carbocycles. The lowest BCUT2D eigenvalue weighted by atomic mass is 9.67. The maximum atomic E-state index is 13.3. The first-order chi connectivity index (χ1) is 16.0. The third-order valence-electron chi connectivity index (χ3n) is 8.46. The van der Waals surface area contributed by atoms with Gasteiger partial charge in [-0.1, -0.05) is 0 Å². The molecule has 188 valence electrons. The quantitative estimate of drug-likeness (QED) is 0.420. The molecule has 1 amide bonds. The Hall–Kier alpha value is -1.05. The predicted molar refractivity (Wildman–Crippen MR) is 134 cm³/mol. The fourth-order valence-corrected chi connectivity index (χ4v) is 7.10. The van der Waals surface area contributed by atoms with Crippen LogP contribution in [0.5, 0.6) is 0 Å². The Kier molecular flexibility index (Phi) is 9.17. The van der Waals surface area contributed by atoms with Gasteiger partial charge in [0.05, 0.1) is 18.0 Å². The molecule has 0 aromatic carbocycles. The molecule has 0 aromatic rings. The van der Waals surface area contributed by atoms with Crippen LogP contribution in [0.2, 0.25) is 0 Å². The Bertz CT molecular complexity index is 677. The number of alkyl halides is 1.